The number of rotatable bonds is 4. The molecular formula is C29H52N2O3. The predicted molar refractivity (Wildman–Crippen MR) is 144 cm³/mol. The molecule has 2 rings (SSSR count). The van der Waals surface area contributed by atoms with Gasteiger partial charge in [-0.3, -0.25) is 14.5 Å². The van der Waals surface area contributed by atoms with Gasteiger partial charge < -0.3 is 10.8 Å². The molecule has 3 N–H and O–H groups in total. The van der Waals surface area contributed by atoms with Crippen LogP contribution in [-0.2, 0) is 0 Å². The van der Waals surface area contributed by atoms with Gasteiger partial charge in [-0.2, -0.15) is 0 Å². The number of fused-ring (bicyclic) bond motifs is 1. The smallest absolute Gasteiger partial charge is 0.261 e. The Balaban J connectivity index is 0.000000570. The van der Waals surface area contributed by atoms with Crippen molar-refractivity contribution in [1.29, 1.82) is 0 Å². The highest BCUT2D eigenvalue weighted by Gasteiger charge is 2.37. The summed E-state index contributed by atoms with van der Waals surface area (Å²) in [6.45, 7) is 27.3. The average molecular weight is 477 g/mol. The average Bonchev–Trinajstić information content (AvgIpc) is 2.96. The third-order valence-electron chi connectivity index (χ3n) is 7.40. The second-order valence-electron chi connectivity index (χ2n) is 13.0. The molecule has 1 aliphatic heterocycles. The van der Waals surface area contributed by atoms with Crippen LogP contribution in [0.1, 0.15) is 104 Å². The van der Waals surface area contributed by atoms with Crippen LogP contribution < -0.4 is 5.73 Å². The topological polar surface area (TPSA) is 83.6 Å². The Morgan fingerprint density at radius 3 is 1.29 bits per heavy atom. The number of carbonyl (C=O) groups is 2. The van der Waals surface area contributed by atoms with Crippen LogP contribution in [0.2, 0.25) is 0 Å². The van der Waals surface area contributed by atoms with Gasteiger partial charge in [0.2, 0.25) is 0 Å². The summed E-state index contributed by atoms with van der Waals surface area (Å²) in [5.41, 5.74) is 7.24. The zero-order valence-corrected chi connectivity index (χ0v) is 24.0. The van der Waals surface area contributed by atoms with Crippen molar-refractivity contribution in [2.75, 3.05) is 19.7 Å². The Morgan fingerprint density at radius 1 is 0.735 bits per heavy atom. The quantitative estimate of drug-likeness (QED) is 0.503. The number of amides is 2. The zero-order chi connectivity index (χ0) is 27.1. The van der Waals surface area contributed by atoms with E-state index in [0.29, 0.717) is 41.5 Å². The normalized spacial score (nSPS) is 16.6. The lowest BCUT2D eigenvalue weighted by atomic mass is 9.82. The highest BCUT2D eigenvalue weighted by Crippen LogP contribution is 2.30. The van der Waals surface area contributed by atoms with Crippen LogP contribution in [0.15, 0.2) is 24.3 Å². The molecule has 34 heavy (non-hydrogen) atoms. The SMILES string of the molecule is C[C@H](CN)C(C)(C)C.C[C@H](CN1C(=O)c2ccccc2C1=O)C(C)(C)C.C[C@H](CO)C(C)(C)C. The molecule has 1 aliphatic rings. The molecule has 0 radical (unpaired) electrons. The lowest BCUT2D eigenvalue weighted by Crippen LogP contribution is -2.37. The Morgan fingerprint density at radius 2 is 1.09 bits per heavy atom. The molecule has 0 aliphatic carbocycles. The van der Waals surface area contributed by atoms with Gasteiger partial charge in [-0.05, 0) is 52.7 Å². The Hall–Kier alpha value is -1.72. The second kappa shape index (κ2) is 12.8. The minimum absolute atomic E-state index is 0.0787. The molecule has 2 amide bonds. The first-order chi connectivity index (χ1) is 15.3. The fourth-order valence-electron chi connectivity index (χ4n) is 2.58. The van der Waals surface area contributed by atoms with E-state index in [-0.39, 0.29) is 28.6 Å². The third kappa shape index (κ3) is 9.87. The number of hydrogen-bond acceptors (Lipinski definition) is 4. The van der Waals surface area contributed by atoms with E-state index in [2.05, 4.69) is 83.1 Å². The van der Waals surface area contributed by atoms with E-state index in [1.807, 2.05) is 0 Å². The molecule has 1 heterocycles. The molecule has 196 valence electrons. The van der Waals surface area contributed by atoms with Gasteiger partial charge in [-0.1, -0.05) is 95.2 Å². The molecule has 0 unspecified atom stereocenters. The summed E-state index contributed by atoms with van der Waals surface area (Å²) in [6.07, 6.45) is 0. The molecular weight excluding hydrogens is 424 g/mol. The van der Waals surface area contributed by atoms with E-state index in [4.69, 9.17) is 10.8 Å². The van der Waals surface area contributed by atoms with Crippen molar-refractivity contribution in [2.45, 2.75) is 83.1 Å². The molecule has 1 aromatic carbocycles. The summed E-state index contributed by atoms with van der Waals surface area (Å²) in [5, 5.41) is 8.67. The van der Waals surface area contributed by atoms with Gasteiger partial charge in [0.05, 0.1) is 11.1 Å². The molecule has 5 nitrogen and oxygen atoms in total. The summed E-state index contributed by atoms with van der Waals surface area (Å²) in [4.78, 5) is 25.7. The van der Waals surface area contributed by atoms with Crippen LogP contribution in [0.5, 0.6) is 0 Å². The summed E-state index contributed by atoms with van der Waals surface area (Å²) < 4.78 is 0. The summed E-state index contributed by atoms with van der Waals surface area (Å²) in [6, 6.07) is 7.02. The number of aliphatic hydroxyl groups excluding tert-OH is 1. The largest absolute Gasteiger partial charge is 0.396 e. The Bertz CT molecular complexity index is 727. The minimum atomic E-state index is -0.160. The van der Waals surface area contributed by atoms with Gasteiger partial charge in [0.1, 0.15) is 0 Å². The highest BCUT2D eigenvalue weighted by atomic mass is 16.3. The van der Waals surface area contributed by atoms with Crippen molar-refractivity contribution in [3.63, 3.8) is 0 Å². The van der Waals surface area contributed by atoms with E-state index in [9.17, 15) is 9.59 Å². The second-order valence-corrected chi connectivity index (χ2v) is 13.0. The van der Waals surface area contributed by atoms with E-state index in [0.717, 1.165) is 6.54 Å². The lowest BCUT2D eigenvalue weighted by Gasteiger charge is -2.30. The van der Waals surface area contributed by atoms with Gasteiger partial charge in [0.25, 0.3) is 11.8 Å². The lowest BCUT2D eigenvalue weighted by molar-refractivity contribution is 0.0595. The minimum Gasteiger partial charge on any atom is -0.396 e. The number of carbonyl (C=O) groups excluding carboxylic acids is 2. The maximum Gasteiger partial charge on any atom is 0.261 e. The number of aliphatic hydroxyl groups is 1. The molecule has 0 fully saturated rings. The zero-order valence-electron chi connectivity index (χ0n) is 24.0. The molecule has 3 atom stereocenters. The predicted octanol–water partition coefficient (Wildman–Crippen LogP) is 6.25. The first kappa shape index (κ1) is 32.3. The number of imide groups is 1. The molecule has 0 saturated heterocycles. The third-order valence-corrected chi connectivity index (χ3v) is 7.40. The van der Waals surface area contributed by atoms with Crippen molar-refractivity contribution < 1.29 is 14.7 Å². The Kier molecular flexibility index (Phi) is 12.2. The van der Waals surface area contributed by atoms with Crippen LogP contribution >= 0.6 is 0 Å². The maximum atomic E-state index is 12.2. The maximum absolute atomic E-state index is 12.2. The Labute approximate surface area is 209 Å². The van der Waals surface area contributed by atoms with Crippen LogP contribution in [-0.4, -0.2) is 41.5 Å². The molecule has 0 saturated carbocycles. The van der Waals surface area contributed by atoms with E-state index in [1.54, 1.807) is 24.3 Å². The first-order valence-corrected chi connectivity index (χ1v) is 12.5. The van der Waals surface area contributed by atoms with Crippen LogP contribution in [0.4, 0.5) is 0 Å². The van der Waals surface area contributed by atoms with Gasteiger partial charge in [0.15, 0.2) is 0 Å². The van der Waals surface area contributed by atoms with Gasteiger partial charge in [0, 0.05) is 13.2 Å². The fourth-order valence-corrected chi connectivity index (χ4v) is 2.58. The van der Waals surface area contributed by atoms with Crippen LogP contribution in [0.25, 0.3) is 0 Å². The molecule has 0 aromatic heterocycles. The van der Waals surface area contributed by atoms with E-state index < -0.39 is 0 Å². The molecule has 0 bridgehead atoms. The molecule has 5 heteroatoms. The van der Waals surface area contributed by atoms with Crippen molar-refractivity contribution in [2.24, 2.45) is 39.7 Å². The van der Waals surface area contributed by atoms with Crippen molar-refractivity contribution >= 4 is 11.8 Å². The highest BCUT2D eigenvalue weighted by molar-refractivity contribution is 6.21. The summed E-state index contributed by atoms with van der Waals surface area (Å²) >= 11 is 0. The van der Waals surface area contributed by atoms with Crippen molar-refractivity contribution in [3.8, 4) is 0 Å². The number of benzene rings is 1. The summed E-state index contributed by atoms with van der Waals surface area (Å²) in [5.74, 6) is 0.975. The van der Waals surface area contributed by atoms with Crippen LogP contribution in [0, 0.1) is 34.0 Å². The standard InChI is InChI=1S/C15H19NO2.C7H17N.C7H16O/c1-10(15(2,3)4)9-16-13(17)11-7-5-6-8-12(11)14(16)18;2*1-6(5-8)7(2,3)4/h5-8,10H,9H2,1-4H3;6H,5,8H2,1-4H3;6,8H,5H2,1-4H3/t10-;2*6-/m111/s1. The van der Waals surface area contributed by atoms with Gasteiger partial charge in [-0.15, -0.1) is 0 Å². The number of nitrogens with zero attached hydrogens (tertiary/aromatic N) is 1. The van der Waals surface area contributed by atoms with E-state index >= 15 is 0 Å². The van der Waals surface area contributed by atoms with Crippen LogP contribution in [0.3, 0.4) is 0 Å². The van der Waals surface area contributed by atoms with Gasteiger partial charge in [-0.25, -0.2) is 0 Å². The van der Waals surface area contributed by atoms with Crippen molar-refractivity contribution in [3.05, 3.63) is 35.4 Å². The van der Waals surface area contributed by atoms with Gasteiger partial charge >= 0.3 is 0 Å². The van der Waals surface area contributed by atoms with E-state index in [1.165, 1.54) is 4.90 Å². The number of nitrogens with two attached hydrogens (primary N) is 1. The molecule has 1 aromatic rings. The first-order valence-electron chi connectivity index (χ1n) is 12.5. The number of hydrogen-bond donors (Lipinski definition) is 2. The fraction of sp³-hybridized carbons (Fsp3) is 0.724. The summed E-state index contributed by atoms with van der Waals surface area (Å²) in [7, 11) is 0. The van der Waals surface area contributed by atoms with Crippen molar-refractivity contribution in [1.82, 2.24) is 4.90 Å². The molecule has 0 spiro atoms. The monoisotopic (exact) mass is 476 g/mol.